The summed E-state index contributed by atoms with van der Waals surface area (Å²) in [7, 11) is 1.65. The number of nitrogens with zero attached hydrogens (tertiary/aromatic N) is 1. The lowest BCUT2D eigenvalue weighted by atomic mass is 9.60. The molecule has 2 amide bonds. The number of benzene rings is 1. The van der Waals surface area contributed by atoms with Crippen molar-refractivity contribution in [3.05, 3.63) is 35.5 Å². The summed E-state index contributed by atoms with van der Waals surface area (Å²) in [6.45, 7) is 0. The number of aliphatic hydroxyl groups is 1. The summed E-state index contributed by atoms with van der Waals surface area (Å²) in [5.41, 5.74) is 5.58. The number of carboxylic acid groups (broad SMARTS) is 1. The number of primary amides is 1. The van der Waals surface area contributed by atoms with E-state index in [9.17, 15) is 24.6 Å². The minimum atomic E-state index is -1.43. The molecule has 1 heterocycles. The maximum atomic E-state index is 13.5. The van der Waals surface area contributed by atoms with Gasteiger partial charge < -0.3 is 25.8 Å². The number of para-hydroxylation sites is 1. The van der Waals surface area contributed by atoms with Gasteiger partial charge in [0, 0.05) is 23.5 Å². The molecule has 2 fully saturated rings. The summed E-state index contributed by atoms with van der Waals surface area (Å²) in [5.74, 6) is -2.97. The largest absolute Gasteiger partial charge is 0.477 e. The Morgan fingerprint density at radius 3 is 2.47 bits per heavy atom. The molecular formula is C24H31N3O5. The number of nitrogens with two attached hydrogens (primary N) is 1. The molecule has 2 aliphatic carbocycles. The maximum Gasteiger partial charge on any atom is 0.352 e. The smallest absolute Gasteiger partial charge is 0.352 e. The molecule has 4 atom stereocenters. The van der Waals surface area contributed by atoms with Crippen LogP contribution in [0.25, 0.3) is 10.9 Å². The van der Waals surface area contributed by atoms with Crippen LogP contribution in [0.15, 0.2) is 24.3 Å². The molecule has 172 valence electrons. The zero-order valence-corrected chi connectivity index (χ0v) is 18.3. The Morgan fingerprint density at radius 2 is 1.78 bits per heavy atom. The molecule has 0 aliphatic heterocycles. The molecule has 32 heavy (non-hydrogen) atoms. The Kier molecular flexibility index (Phi) is 5.99. The highest BCUT2D eigenvalue weighted by molar-refractivity contribution is 6.06. The number of aryl methyl sites for hydroxylation is 1. The first-order chi connectivity index (χ1) is 15.3. The quantitative estimate of drug-likeness (QED) is 0.564. The van der Waals surface area contributed by atoms with Crippen LogP contribution in [-0.4, -0.2) is 44.7 Å². The fourth-order valence-electron chi connectivity index (χ4n) is 5.90. The van der Waals surface area contributed by atoms with Gasteiger partial charge in [-0.2, -0.15) is 0 Å². The maximum absolute atomic E-state index is 13.5. The van der Waals surface area contributed by atoms with Crippen LogP contribution in [0.4, 0.5) is 0 Å². The second kappa shape index (κ2) is 8.58. The third kappa shape index (κ3) is 3.46. The lowest BCUT2D eigenvalue weighted by molar-refractivity contribution is -0.138. The van der Waals surface area contributed by atoms with Crippen LogP contribution in [0.2, 0.25) is 0 Å². The van der Waals surface area contributed by atoms with Crippen LogP contribution >= 0.6 is 0 Å². The molecule has 8 nitrogen and oxygen atoms in total. The van der Waals surface area contributed by atoms with Gasteiger partial charge in [-0.15, -0.1) is 0 Å². The lowest BCUT2D eigenvalue weighted by Crippen LogP contribution is -2.57. The highest BCUT2D eigenvalue weighted by atomic mass is 16.4. The van der Waals surface area contributed by atoms with Gasteiger partial charge in [0.15, 0.2) is 0 Å². The first-order valence-corrected chi connectivity index (χ1v) is 11.4. The van der Waals surface area contributed by atoms with Crippen molar-refractivity contribution in [2.45, 2.75) is 68.9 Å². The van der Waals surface area contributed by atoms with Crippen molar-refractivity contribution in [1.29, 1.82) is 0 Å². The number of aromatic carboxylic acids is 1. The monoisotopic (exact) mass is 441 g/mol. The zero-order chi connectivity index (χ0) is 23.0. The Balaban J connectivity index is 1.87. The molecule has 4 rings (SSSR count). The van der Waals surface area contributed by atoms with Crippen LogP contribution in [0.3, 0.4) is 0 Å². The summed E-state index contributed by atoms with van der Waals surface area (Å²) < 4.78 is 1.56. The molecule has 0 saturated heterocycles. The average molecular weight is 442 g/mol. The Morgan fingerprint density at radius 1 is 1.09 bits per heavy atom. The number of hydrogen-bond donors (Lipinski definition) is 4. The molecule has 0 spiro atoms. The van der Waals surface area contributed by atoms with E-state index in [4.69, 9.17) is 5.73 Å². The number of hydrogen-bond acceptors (Lipinski definition) is 4. The predicted molar refractivity (Wildman–Crippen MR) is 119 cm³/mol. The fourth-order valence-corrected chi connectivity index (χ4v) is 5.90. The van der Waals surface area contributed by atoms with E-state index in [2.05, 4.69) is 5.32 Å². The summed E-state index contributed by atoms with van der Waals surface area (Å²) in [4.78, 5) is 39.1. The van der Waals surface area contributed by atoms with Gasteiger partial charge in [0.05, 0.1) is 23.5 Å². The van der Waals surface area contributed by atoms with Crippen LogP contribution in [0.1, 0.15) is 67.4 Å². The number of aliphatic hydroxyl groups excluding tert-OH is 1. The van der Waals surface area contributed by atoms with E-state index in [0.717, 1.165) is 19.3 Å². The number of rotatable bonds is 5. The third-order valence-electron chi connectivity index (χ3n) is 7.48. The van der Waals surface area contributed by atoms with E-state index in [1.54, 1.807) is 29.8 Å². The highest BCUT2D eigenvalue weighted by Crippen LogP contribution is 2.48. The van der Waals surface area contributed by atoms with Gasteiger partial charge in [0.25, 0.3) is 0 Å². The minimum Gasteiger partial charge on any atom is -0.477 e. The van der Waals surface area contributed by atoms with E-state index in [1.165, 1.54) is 0 Å². The predicted octanol–water partition coefficient (Wildman–Crippen LogP) is 2.21. The van der Waals surface area contributed by atoms with Crippen molar-refractivity contribution in [2.75, 3.05) is 0 Å². The SMILES string of the molecule is Cn1c(C(=O)O)c([C@]2(C(N)=O)CCCC[C@H]2C(=O)N[C@H]2CCCC[C@@H]2O)c2ccccc21. The van der Waals surface area contributed by atoms with Gasteiger partial charge in [-0.3, -0.25) is 9.59 Å². The first-order valence-electron chi connectivity index (χ1n) is 11.4. The summed E-state index contributed by atoms with van der Waals surface area (Å²) in [6, 6.07) is 6.83. The van der Waals surface area contributed by atoms with Gasteiger partial charge >= 0.3 is 5.97 Å². The number of nitrogens with one attached hydrogen (secondary N) is 1. The number of carbonyl (C=O) groups excluding carboxylic acids is 2. The number of aromatic nitrogens is 1. The molecule has 2 aliphatic rings. The fraction of sp³-hybridized carbons (Fsp3) is 0.542. The van der Waals surface area contributed by atoms with Crippen molar-refractivity contribution in [3.63, 3.8) is 0 Å². The van der Waals surface area contributed by atoms with Gasteiger partial charge in [-0.05, 0) is 31.7 Å². The van der Waals surface area contributed by atoms with Crippen LogP contribution in [-0.2, 0) is 22.1 Å². The summed E-state index contributed by atoms with van der Waals surface area (Å²) >= 11 is 0. The van der Waals surface area contributed by atoms with E-state index in [1.807, 2.05) is 6.07 Å². The molecule has 0 radical (unpaired) electrons. The van der Waals surface area contributed by atoms with Crippen LogP contribution in [0, 0.1) is 5.92 Å². The van der Waals surface area contributed by atoms with E-state index >= 15 is 0 Å². The molecule has 1 aromatic carbocycles. The summed E-state index contributed by atoms with van der Waals surface area (Å²) in [5, 5.41) is 24.0. The van der Waals surface area contributed by atoms with Gasteiger partial charge in [-0.25, -0.2) is 4.79 Å². The zero-order valence-electron chi connectivity index (χ0n) is 18.3. The summed E-state index contributed by atoms with van der Waals surface area (Å²) in [6.07, 6.45) is 4.67. The van der Waals surface area contributed by atoms with E-state index in [-0.39, 0.29) is 17.6 Å². The van der Waals surface area contributed by atoms with Crippen molar-refractivity contribution in [1.82, 2.24) is 9.88 Å². The Hall–Kier alpha value is -2.87. The minimum absolute atomic E-state index is 0.0117. The molecular weight excluding hydrogens is 410 g/mol. The number of carbonyl (C=O) groups is 3. The molecule has 2 saturated carbocycles. The highest BCUT2D eigenvalue weighted by Gasteiger charge is 2.54. The standard InChI is InChI=1S/C24H31N3O5/c1-27-17-11-4-2-8-14(17)19(20(27)22(30)31)24(23(25)32)13-7-6-9-15(24)21(29)26-16-10-3-5-12-18(16)28/h2,4,8,11,15-16,18,28H,3,5-7,9-10,12-13H2,1H3,(H2,25,32)(H,26,29)(H,30,31)/t15-,16-,18-,24-/m0/s1. The molecule has 5 N–H and O–H groups in total. The van der Waals surface area contributed by atoms with Crippen LogP contribution < -0.4 is 11.1 Å². The number of carboxylic acids is 1. The number of fused-ring (bicyclic) bond motifs is 1. The number of amides is 2. The average Bonchev–Trinajstić information content (AvgIpc) is 3.08. The Labute approximate surface area is 186 Å². The topological polar surface area (TPSA) is 135 Å². The normalized spacial score (nSPS) is 28.4. The van der Waals surface area contributed by atoms with Crippen molar-refractivity contribution in [3.8, 4) is 0 Å². The Bertz CT molecular complexity index is 1060. The molecule has 1 aromatic heterocycles. The molecule has 0 unspecified atom stereocenters. The van der Waals surface area contributed by atoms with Gasteiger partial charge in [0.2, 0.25) is 11.8 Å². The van der Waals surface area contributed by atoms with E-state index < -0.39 is 29.3 Å². The van der Waals surface area contributed by atoms with Crippen LogP contribution in [0.5, 0.6) is 0 Å². The first kappa shape index (κ1) is 22.3. The van der Waals surface area contributed by atoms with E-state index in [0.29, 0.717) is 48.6 Å². The molecule has 0 bridgehead atoms. The third-order valence-corrected chi connectivity index (χ3v) is 7.48. The lowest BCUT2D eigenvalue weighted by Gasteiger charge is -2.42. The molecule has 8 heteroatoms. The second-order valence-electron chi connectivity index (χ2n) is 9.21. The van der Waals surface area contributed by atoms with Gasteiger partial charge in [-0.1, -0.05) is 43.9 Å². The molecule has 2 aromatic rings. The van der Waals surface area contributed by atoms with Gasteiger partial charge in [0.1, 0.15) is 5.69 Å². The van der Waals surface area contributed by atoms with Crippen molar-refractivity contribution >= 4 is 28.7 Å². The van der Waals surface area contributed by atoms with Crippen molar-refractivity contribution in [2.24, 2.45) is 18.7 Å². The second-order valence-corrected chi connectivity index (χ2v) is 9.21. The van der Waals surface area contributed by atoms with Crippen molar-refractivity contribution < 1.29 is 24.6 Å².